The maximum absolute atomic E-state index is 12.3. The predicted molar refractivity (Wildman–Crippen MR) is 72.8 cm³/mol. The quantitative estimate of drug-likeness (QED) is 0.883. The van der Waals surface area contributed by atoms with Crippen molar-refractivity contribution in [3.05, 3.63) is 22.4 Å². The van der Waals surface area contributed by atoms with Gasteiger partial charge in [-0.3, -0.25) is 4.79 Å². The Labute approximate surface area is 116 Å². The smallest absolute Gasteiger partial charge is 0.326 e. The molecule has 0 saturated carbocycles. The molecule has 3 heterocycles. The molecule has 1 fully saturated rings. The maximum Gasteiger partial charge on any atom is 0.326 e. The lowest BCUT2D eigenvalue weighted by Crippen LogP contribution is -2.40. The highest BCUT2D eigenvalue weighted by molar-refractivity contribution is 7.27. The molecule has 7 heteroatoms. The van der Waals surface area contributed by atoms with Gasteiger partial charge in [0, 0.05) is 22.4 Å². The zero-order valence-corrected chi connectivity index (χ0v) is 11.4. The van der Waals surface area contributed by atoms with Gasteiger partial charge in [-0.1, -0.05) is 0 Å². The number of likely N-dealkylation sites (tertiary alicyclic amines) is 1. The Morgan fingerprint density at radius 1 is 1.37 bits per heavy atom. The van der Waals surface area contributed by atoms with Gasteiger partial charge in [-0.15, -0.1) is 22.7 Å². The second-order valence-corrected chi connectivity index (χ2v) is 6.49. The van der Waals surface area contributed by atoms with Gasteiger partial charge in [-0.05, 0) is 17.5 Å². The van der Waals surface area contributed by atoms with Crippen LogP contribution in [0.25, 0.3) is 9.40 Å². The number of carboxylic acid groups (broad SMARTS) is 1. The fourth-order valence-electron chi connectivity index (χ4n) is 2.29. The lowest BCUT2D eigenvalue weighted by atomic mass is 10.2. The van der Waals surface area contributed by atoms with Crippen molar-refractivity contribution in [2.24, 2.45) is 0 Å². The van der Waals surface area contributed by atoms with Crippen molar-refractivity contribution in [3.63, 3.8) is 0 Å². The van der Waals surface area contributed by atoms with Crippen LogP contribution in [0.3, 0.4) is 0 Å². The Kier molecular flexibility index (Phi) is 3.04. The third-order valence-electron chi connectivity index (χ3n) is 3.18. The van der Waals surface area contributed by atoms with E-state index in [-0.39, 0.29) is 18.9 Å². The topological polar surface area (TPSA) is 77.8 Å². The Balaban J connectivity index is 1.90. The van der Waals surface area contributed by atoms with Crippen molar-refractivity contribution < 1.29 is 19.8 Å². The van der Waals surface area contributed by atoms with Crippen LogP contribution in [-0.2, 0) is 4.79 Å². The first-order valence-corrected chi connectivity index (χ1v) is 7.45. The minimum Gasteiger partial charge on any atom is -0.480 e. The van der Waals surface area contributed by atoms with Crippen LogP contribution in [0.1, 0.15) is 16.1 Å². The van der Waals surface area contributed by atoms with Crippen molar-refractivity contribution in [1.82, 2.24) is 4.90 Å². The number of rotatable bonds is 2. The van der Waals surface area contributed by atoms with Crippen LogP contribution in [0.4, 0.5) is 0 Å². The fourth-order valence-corrected chi connectivity index (χ4v) is 4.35. The summed E-state index contributed by atoms with van der Waals surface area (Å²) in [5.41, 5.74) is 0. The molecular weight excluding hydrogens is 286 g/mol. The molecule has 0 spiro atoms. The number of fused-ring (bicyclic) bond motifs is 1. The van der Waals surface area contributed by atoms with Crippen molar-refractivity contribution >= 4 is 43.9 Å². The van der Waals surface area contributed by atoms with Crippen LogP contribution in [0.2, 0.25) is 0 Å². The van der Waals surface area contributed by atoms with E-state index in [0.717, 1.165) is 9.40 Å². The van der Waals surface area contributed by atoms with Crippen molar-refractivity contribution in [2.75, 3.05) is 6.54 Å². The molecule has 100 valence electrons. The molecule has 19 heavy (non-hydrogen) atoms. The molecular formula is C12H11NO4S2. The van der Waals surface area contributed by atoms with Crippen LogP contribution in [0.5, 0.6) is 0 Å². The van der Waals surface area contributed by atoms with E-state index in [1.165, 1.54) is 16.2 Å². The SMILES string of the molecule is O=C(O)[C@H]1C[C@@H](O)CN1C(=O)c1cc2sccc2s1. The Morgan fingerprint density at radius 2 is 2.16 bits per heavy atom. The van der Waals surface area contributed by atoms with Gasteiger partial charge in [0.25, 0.3) is 5.91 Å². The number of thiophene rings is 2. The molecule has 1 saturated heterocycles. The lowest BCUT2D eigenvalue weighted by Gasteiger charge is -2.20. The lowest BCUT2D eigenvalue weighted by molar-refractivity contribution is -0.141. The number of carboxylic acids is 1. The summed E-state index contributed by atoms with van der Waals surface area (Å²) in [4.78, 5) is 25.2. The molecule has 3 rings (SSSR count). The number of carbonyl (C=O) groups excluding carboxylic acids is 1. The third-order valence-corrected chi connectivity index (χ3v) is 5.26. The van der Waals surface area contributed by atoms with E-state index in [9.17, 15) is 14.7 Å². The summed E-state index contributed by atoms with van der Waals surface area (Å²) >= 11 is 2.91. The number of β-amino-alcohol motifs (C(OH)–C–C–N with tert-alkyl or cyclic N) is 1. The highest BCUT2D eigenvalue weighted by Gasteiger charge is 2.39. The van der Waals surface area contributed by atoms with E-state index in [1.54, 1.807) is 17.4 Å². The number of aliphatic hydroxyl groups is 1. The predicted octanol–water partition coefficient (Wildman–Crippen LogP) is 1.62. The summed E-state index contributed by atoms with van der Waals surface area (Å²) in [6, 6.07) is 2.80. The second kappa shape index (κ2) is 4.59. The highest BCUT2D eigenvalue weighted by Crippen LogP contribution is 2.32. The molecule has 1 amide bonds. The first-order valence-electron chi connectivity index (χ1n) is 5.75. The molecule has 1 aliphatic heterocycles. The minimum absolute atomic E-state index is 0.0847. The largest absolute Gasteiger partial charge is 0.480 e. The third kappa shape index (κ3) is 2.13. The van der Waals surface area contributed by atoms with Gasteiger partial charge in [-0.25, -0.2) is 4.79 Å². The number of amides is 1. The van der Waals surface area contributed by atoms with Crippen LogP contribution < -0.4 is 0 Å². The molecule has 0 unspecified atom stereocenters. The van der Waals surface area contributed by atoms with Crippen LogP contribution in [-0.4, -0.2) is 45.7 Å². The number of aliphatic carboxylic acids is 1. The summed E-state index contributed by atoms with van der Waals surface area (Å²) in [6.07, 6.45) is -0.660. The summed E-state index contributed by atoms with van der Waals surface area (Å²) in [6.45, 7) is 0.0847. The molecule has 2 aromatic heterocycles. The van der Waals surface area contributed by atoms with Crippen molar-refractivity contribution in [1.29, 1.82) is 0 Å². The van der Waals surface area contributed by atoms with Gasteiger partial charge in [0.1, 0.15) is 6.04 Å². The molecule has 2 N–H and O–H groups in total. The number of carbonyl (C=O) groups is 2. The fraction of sp³-hybridized carbons (Fsp3) is 0.333. The second-order valence-electron chi connectivity index (χ2n) is 4.46. The molecule has 5 nitrogen and oxygen atoms in total. The summed E-state index contributed by atoms with van der Waals surface area (Å²) in [7, 11) is 0. The van der Waals surface area contributed by atoms with Gasteiger partial charge in [-0.2, -0.15) is 0 Å². The molecule has 0 radical (unpaired) electrons. The Hall–Kier alpha value is -1.44. The molecule has 2 aromatic rings. The van der Waals surface area contributed by atoms with Crippen molar-refractivity contribution in [3.8, 4) is 0 Å². The van der Waals surface area contributed by atoms with Gasteiger partial charge < -0.3 is 15.1 Å². The normalized spacial score (nSPS) is 23.1. The summed E-state index contributed by atoms with van der Waals surface area (Å²) in [5, 5.41) is 20.6. The highest BCUT2D eigenvalue weighted by atomic mass is 32.1. The molecule has 0 aliphatic carbocycles. The molecule has 1 aliphatic rings. The summed E-state index contributed by atoms with van der Waals surface area (Å²) in [5.74, 6) is -1.37. The molecule has 0 aromatic carbocycles. The minimum atomic E-state index is -1.07. The Bertz CT molecular complexity index is 618. The van der Waals surface area contributed by atoms with E-state index >= 15 is 0 Å². The average molecular weight is 297 g/mol. The van der Waals surface area contributed by atoms with Gasteiger partial charge >= 0.3 is 5.97 Å². The van der Waals surface area contributed by atoms with Crippen molar-refractivity contribution in [2.45, 2.75) is 18.6 Å². The van der Waals surface area contributed by atoms with Crippen LogP contribution in [0, 0.1) is 0 Å². The van der Waals surface area contributed by atoms with E-state index in [2.05, 4.69) is 0 Å². The van der Waals surface area contributed by atoms with Gasteiger partial charge in [0.15, 0.2) is 0 Å². The van der Waals surface area contributed by atoms with Crippen LogP contribution in [0.15, 0.2) is 17.5 Å². The first-order chi connectivity index (χ1) is 9.06. The Morgan fingerprint density at radius 3 is 2.84 bits per heavy atom. The number of hydrogen-bond donors (Lipinski definition) is 2. The summed E-state index contributed by atoms with van der Waals surface area (Å²) < 4.78 is 2.06. The monoisotopic (exact) mass is 297 g/mol. The van der Waals surface area contributed by atoms with E-state index in [4.69, 9.17) is 5.11 Å². The number of aliphatic hydroxyl groups excluding tert-OH is 1. The number of nitrogens with zero attached hydrogens (tertiary/aromatic N) is 1. The maximum atomic E-state index is 12.3. The number of hydrogen-bond acceptors (Lipinski definition) is 5. The average Bonchev–Trinajstić information content (AvgIpc) is 2.99. The standard InChI is InChI=1S/C12H11NO4S2/c14-6-3-7(12(16)17)13(5-6)11(15)10-4-9-8(19-10)1-2-18-9/h1-2,4,6-7,14H,3,5H2,(H,16,17)/t6-,7-/m1/s1. The van der Waals surface area contributed by atoms with Gasteiger partial charge in [0.05, 0.1) is 11.0 Å². The molecule has 0 bridgehead atoms. The van der Waals surface area contributed by atoms with E-state index in [1.807, 2.05) is 11.4 Å². The van der Waals surface area contributed by atoms with Gasteiger partial charge in [0.2, 0.25) is 0 Å². The van der Waals surface area contributed by atoms with Crippen LogP contribution >= 0.6 is 22.7 Å². The first kappa shape index (κ1) is 12.6. The van der Waals surface area contributed by atoms with E-state index < -0.39 is 18.1 Å². The van der Waals surface area contributed by atoms with E-state index in [0.29, 0.717) is 4.88 Å². The zero-order chi connectivity index (χ0) is 13.6. The zero-order valence-electron chi connectivity index (χ0n) is 9.78. The molecule has 2 atom stereocenters.